The van der Waals surface area contributed by atoms with E-state index in [1.807, 2.05) is 0 Å². The maximum absolute atomic E-state index is 6.24. The van der Waals surface area contributed by atoms with E-state index in [0.717, 1.165) is 0 Å². The van der Waals surface area contributed by atoms with Crippen LogP contribution in [0, 0.1) is 13.8 Å². The van der Waals surface area contributed by atoms with Gasteiger partial charge in [-0.05, 0) is 52.9 Å². The first-order valence-electron chi connectivity index (χ1n) is 5.14. The lowest BCUT2D eigenvalue weighted by molar-refractivity contribution is 0.872. The van der Waals surface area contributed by atoms with Gasteiger partial charge in [0, 0.05) is 4.47 Å². The molecule has 84 valence electrons. The molecule has 0 fully saturated rings. The van der Waals surface area contributed by atoms with Crippen LogP contribution < -0.4 is 5.73 Å². The molecule has 0 saturated carbocycles. The van der Waals surface area contributed by atoms with Gasteiger partial charge in [-0.15, -0.1) is 0 Å². The van der Waals surface area contributed by atoms with Crippen molar-refractivity contribution in [2.24, 2.45) is 5.73 Å². The van der Waals surface area contributed by atoms with Crippen molar-refractivity contribution in [3.05, 3.63) is 55.7 Å². The van der Waals surface area contributed by atoms with Crippen molar-refractivity contribution in [1.82, 2.24) is 0 Å². The van der Waals surface area contributed by atoms with Gasteiger partial charge in [0.2, 0.25) is 0 Å². The third-order valence-corrected chi connectivity index (χ3v) is 4.67. The molecule has 1 aromatic carbocycles. The number of halogens is 1. The molecule has 0 aliphatic heterocycles. The zero-order valence-electron chi connectivity index (χ0n) is 9.33. The standard InChI is InChI=1S/C13H14BrNS/c1-8-5-11(6-9(2)12(8)14)13(15)10-3-4-16-7-10/h3-7,13H,15H2,1-2H3. The first-order valence-corrected chi connectivity index (χ1v) is 6.87. The Morgan fingerprint density at radius 1 is 1.19 bits per heavy atom. The highest BCUT2D eigenvalue weighted by Gasteiger charge is 2.11. The van der Waals surface area contributed by atoms with Crippen LogP contribution in [0.1, 0.15) is 28.3 Å². The average Bonchev–Trinajstić information content (AvgIpc) is 2.77. The lowest BCUT2D eigenvalue weighted by Gasteiger charge is -2.14. The summed E-state index contributed by atoms with van der Waals surface area (Å²) >= 11 is 5.26. The van der Waals surface area contributed by atoms with Gasteiger partial charge in [-0.3, -0.25) is 0 Å². The highest BCUT2D eigenvalue weighted by atomic mass is 79.9. The third-order valence-electron chi connectivity index (χ3n) is 2.72. The second kappa shape index (κ2) is 4.70. The molecule has 0 spiro atoms. The maximum Gasteiger partial charge on any atom is 0.0560 e. The fourth-order valence-corrected chi connectivity index (χ4v) is 2.73. The summed E-state index contributed by atoms with van der Waals surface area (Å²) in [5, 5.41) is 4.17. The Bertz CT molecular complexity index is 468. The molecule has 2 N–H and O–H groups in total. The Hall–Kier alpha value is -0.640. The SMILES string of the molecule is Cc1cc(C(N)c2ccsc2)cc(C)c1Br. The monoisotopic (exact) mass is 295 g/mol. The minimum atomic E-state index is -0.0169. The first-order chi connectivity index (χ1) is 7.59. The molecule has 2 aromatic rings. The number of thiophene rings is 1. The number of nitrogens with two attached hydrogens (primary N) is 1. The van der Waals surface area contributed by atoms with Crippen LogP contribution >= 0.6 is 27.3 Å². The molecular formula is C13H14BrNS. The molecule has 1 aromatic heterocycles. The van der Waals surface area contributed by atoms with Gasteiger partial charge in [0.25, 0.3) is 0 Å². The van der Waals surface area contributed by atoms with Gasteiger partial charge < -0.3 is 5.73 Å². The summed E-state index contributed by atoms with van der Waals surface area (Å²) in [4.78, 5) is 0. The lowest BCUT2D eigenvalue weighted by atomic mass is 9.98. The summed E-state index contributed by atoms with van der Waals surface area (Å²) in [5.41, 5.74) is 11.1. The van der Waals surface area contributed by atoms with E-state index in [2.05, 4.69) is 58.7 Å². The van der Waals surface area contributed by atoms with E-state index in [4.69, 9.17) is 5.73 Å². The summed E-state index contributed by atoms with van der Waals surface area (Å²) in [6, 6.07) is 6.37. The van der Waals surface area contributed by atoms with Crippen molar-refractivity contribution in [2.45, 2.75) is 19.9 Å². The predicted molar refractivity (Wildman–Crippen MR) is 74.0 cm³/mol. The molecule has 1 heterocycles. The van der Waals surface area contributed by atoms with Crippen molar-refractivity contribution in [3.63, 3.8) is 0 Å². The molecule has 0 aliphatic rings. The molecule has 0 saturated heterocycles. The summed E-state index contributed by atoms with van der Waals surface area (Å²) in [6.45, 7) is 4.20. The van der Waals surface area contributed by atoms with E-state index in [1.165, 1.54) is 26.7 Å². The first kappa shape index (κ1) is 11.8. The van der Waals surface area contributed by atoms with Crippen LogP contribution in [-0.2, 0) is 0 Å². The molecule has 0 radical (unpaired) electrons. The number of hydrogen-bond donors (Lipinski definition) is 1. The van der Waals surface area contributed by atoms with E-state index in [0.29, 0.717) is 0 Å². The summed E-state index contributed by atoms with van der Waals surface area (Å²) < 4.78 is 1.17. The Morgan fingerprint density at radius 2 is 1.81 bits per heavy atom. The Balaban J connectivity index is 2.42. The summed E-state index contributed by atoms with van der Waals surface area (Å²) in [6.07, 6.45) is 0. The van der Waals surface area contributed by atoms with E-state index in [9.17, 15) is 0 Å². The number of hydrogen-bond acceptors (Lipinski definition) is 2. The maximum atomic E-state index is 6.24. The minimum absolute atomic E-state index is 0.0169. The highest BCUT2D eigenvalue weighted by Crippen LogP contribution is 2.28. The molecule has 1 unspecified atom stereocenters. The van der Waals surface area contributed by atoms with E-state index >= 15 is 0 Å². The lowest BCUT2D eigenvalue weighted by Crippen LogP contribution is -2.11. The quantitative estimate of drug-likeness (QED) is 0.884. The molecule has 0 amide bonds. The molecular weight excluding hydrogens is 282 g/mol. The molecule has 3 heteroatoms. The molecule has 1 nitrogen and oxygen atoms in total. The average molecular weight is 296 g/mol. The second-order valence-corrected chi connectivity index (χ2v) is 5.58. The van der Waals surface area contributed by atoms with Gasteiger partial charge in [0.1, 0.15) is 0 Å². The fraction of sp³-hybridized carbons (Fsp3) is 0.231. The van der Waals surface area contributed by atoms with Crippen LogP contribution in [0.25, 0.3) is 0 Å². The second-order valence-electron chi connectivity index (χ2n) is 4.00. The minimum Gasteiger partial charge on any atom is -0.320 e. The van der Waals surface area contributed by atoms with Crippen molar-refractivity contribution < 1.29 is 0 Å². The van der Waals surface area contributed by atoms with Gasteiger partial charge in [0.15, 0.2) is 0 Å². The van der Waals surface area contributed by atoms with E-state index in [1.54, 1.807) is 11.3 Å². The highest BCUT2D eigenvalue weighted by molar-refractivity contribution is 9.10. The number of aryl methyl sites for hydroxylation is 2. The Kier molecular flexibility index (Phi) is 3.47. The van der Waals surface area contributed by atoms with Gasteiger partial charge in [-0.25, -0.2) is 0 Å². The van der Waals surface area contributed by atoms with E-state index < -0.39 is 0 Å². The van der Waals surface area contributed by atoms with Gasteiger partial charge in [-0.1, -0.05) is 28.1 Å². The number of benzene rings is 1. The third kappa shape index (κ3) is 2.21. The van der Waals surface area contributed by atoms with Gasteiger partial charge in [-0.2, -0.15) is 11.3 Å². The molecule has 0 bridgehead atoms. The Labute approximate surface area is 108 Å². The Morgan fingerprint density at radius 3 is 2.31 bits per heavy atom. The largest absolute Gasteiger partial charge is 0.320 e. The van der Waals surface area contributed by atoms with Crippen molar-refractivity contribution in [3.8, 4) is 0 Å². The molecule has 2 rings (SSSR count). The summed E-state index contributed by atoms with van der Waals surface area (Å²) in [5.74, 6) is 0. The smallest absolute Gasteiger partial charge is 0.0560 e. The van der Waals surface area contributed by atoms with Crippen LogP contribution in [0.15, 0.2) is 33.4 Å². The van der Waals surface area contributed by atoms with Crippen molar-refractivity contribution >= 4 is 27.3 Å². The van der Waals surface area contributed by atoms with Crippen LogP contribution in [0.2, 0.25) is 0 Å². The summed E-state index contributed by atoms with van der Waals surface area (Å²) in [7, 11) is 0. The topological polar surface area (TPSA) is 26.0 Å². The van der Waals surface area contributed by atoms with E-state index in [-0.39, 0.29) is 6.04 Å². The van der Waals surface area contributed by atoms with Crippen LogP contribution in [-0.4, -0.2) is 0 Å². The fourth-order valence-electron chi connectivity index (χ4n) is 1.80. The zero-order valence-corrected chi connectivity index (χ0v) is 11.7. The van der Waals surface area contributed by atoms with Crippen molar-refractivity contribution in [2.75, 3.05) is 0 Å². The van der Waals surface area contributed by atoms with Crippen LogP contribution in [0.4, 0.5) is 0 Å². The molecule has 16 heavy (non-hydrogen) atoms. The van der Waals surface area contributed by atoms with Crippen molar-refractivity contribution in [1.29, 1.82) is 0 Å². The predicted octanol–water partition coefficient (Wildman–Crippen LogP) is 4.18. The molecule has 1 atom stereocenters. The van der Waals surface area contributed by atoms with Crippen LogP contribution in [0.3, 0.4) is 0 Å². The van der Waals surface area contributed by atoms with Gasteiger partial charge >= 0.3 is 0 Å². The number of rotatable bonds is 2. The van der Waals surface area contributed by atoms with Crippen LogP contribution in [0.5, 0.6) is 0 Å². The normalized spacial score (nSPS) is 12.8. The molecule has 0 aliphatic carbocycles. The zero-order chi connectivity index (χ0) is 11.7. The van der Waals surface area contributed by atoms with Gasteiger partial charge in [0.05, 0.1) is 6.04 Å².